The van der Waals surface area contributed by atoms with Gasteiger partial charge in [-0.3, -0.25) is 4.90 Å². The highest BCUT2D eigenvalue weighted by atomic mass is 35.5. The molecule has 2 rings (SSSR count). The number of aromatic nitrogens is 2. The predicted octanol–water partition coefficient (Wildman–Crippen LogP) is 0.877. The summed E-state index contributed by atoms with van der Waals surface area (Å²) in [4.78, 5) is 4.72. The lowest BCUT2D eigenvalue weighted by Gasteiger charge is -2.31. The summed E-state index contributed by atoms with van der Waals surface area (Å²) < 4.78 is 0. The van der Waals surface area contributed by atoms with E-state index in [4.69, 9.17) is 11.6 Å². The van der Waals surface area contributed by atoms with Gasteiger partial charge in [-0.1, -0.05) is 11.6 Å². The van der Waals surface area contributed by atoms with Gasteiger partial charge in [-0.25, -0.2) is 0 Å². The van der Waals surface area contributed by atoms with Crippen molar-refractivity contribution in [3.63, 3.8) is 0 Å². The van der Waals surface area contributed by atoms with Crippen molar-refractivity contribution < 1.29 is 0 Å². The summed E-state index contributed by atoms with van der Waals surface area (Å²) in [5, 5.41) is 8.35. The van der Waals surface area contributed by atoms with Crippen molar-refractivity contribution in [2.75, 3.05) is 33.2 Å². The summed E-state index contributed by atoms with van der Waals surface area (Å²) in [5.74, 6) is 0. The van der Waals surface area contributed by atoms with Gasteiger partial charge in [0.05, 0.1) is 5.69 Å². The largest absolute Gasteiger partial charge is 0.304 e. The zero-order valence-corrected chi connectivity index (χ0v) is 9.61. The Kier molecular flexibility index (Phi) is 3.51. The molecule has 4 nitrogen and oxygen atoms in total. The number of rotatable bonds is 2. The van der Waals surface area contributed by atoms with Crippen LogP contribution in [0.3, 0.4) is 0 Å². The van der Waals surface area contributed by atoms with Crippen LogP contribution in [0.15, 0.2) is 12.1 Å². The molecule has 0 amide bonds. The van der Waals surface area contributed by atoms with Gasteiger partial charge in [-0.05, 0) is 19.2 Å². The average Bonchev–Trinajstić information content (AvgIpc) is 2.25. The monoisotopic (exact) mass is 226 g/mol. The van der Waals surface area contributed by atoms with Gasteiger partial charge in [-0.15, -0.1) is 5.10 Å². The van der Waals surface area contributed by atoms with Crippen molar-refractivity contribution in [3.8, 4) is 0 Å². The number of hydrogen-bond donors (Lipinski definition) is 0. The van der Waals surface area contributed by atoms with Crippen LogP contribution in [-0.4, -0.2) is 53.2 Å². The first kappa shape index (κ1) is 10.8. The molecule has 0 aliphatic carbocycles. The van der Waals surface area contributed by atoms with E-state index in [0.29, 0.717) is 5.15 Å². The van der Waals surface area contributed by atoms with Gasteiger partial charge in [0, 0.05) is 32.7 Å². The second kappa shape index (κ2) is 4.88. The lowest BCUT2D eigenvalue weighted by atomic mass is 10.3. The Morgan fingerprint density at radius 2 is 1.93 bits per heavy atom. The molecule has 1 saturated heterocycles. The van der Waals surface area contributed by atoms with E-state index >= 15 is 0 Å². The van der Waals surface area contributed by atoms with Gasteiger partial charge in [0.15, 0.2) is 5.15 Å². The maximum Gasteiger partial charge on any atom is 0.151 e. The molecule has 1 aromatic rings. The maximum absolute atomic E-state index is 5.68. The molecular weight excluding hydrogens is 212 g/mol. The van der Waals surface area contributed by atoms with Crippen molar-refractivity contribution >= 4 is 11.6 Å². The maximum atomic E-state index is 5.68. The lowest BCUT2D eigenvalue weighted by molar-refractivity contribution is 0.146. The highest BCUT2D eigenvalue weighted by molar-refractivity contribution is 6.29. The zero-order valence-electron chi connectivity index (χ0n) is 8.86. The minimum absolute atomic E-state index is 0.456. The number of hydrogen-bond acceptors (Lipinski definition) is 4. The van der Waals surface area contributed by atoms with Crippen molar-refractivity contribution in [3.05, 3.63) is 23.0 Å². The molecule has 0 N–H and O–H groups in total. The standard InChI is InChI=1S/C10H15ClN4/c1-14-4-6-15(7-5-14)8-9-2-3-10(11)13-12-9/h2-3H,4-8H2,1H3. The van der Waals surface area contributed by atoms with Crippen LogP contribution < -0.4 is 0 Å². The van der Waals surface area contributed by atoms with Crippen molar-refractivity contribution in [1.82, 2.24) is 20.0 Å². The SMILES string of the molecule is CN1CCN(Cc2ccc(Cl)nn2)CC1. The summed E-state index contributed by atoms with van der Waals surface area (Å²) >= 11 is 5.68. The third-order valence-corrected chi connectivity index (χ3v) is 2.87. The molecule has 0 unspecified atom stereocenters. The van der Waals surface area contributed by atoms with Crippen molar-refractivity contribution in [1.29, 1.82) is 0 Å². The van der Waals surface area contributed by atoms with Crippen LogP contribution in [-0.2, 0) is 6.54 Å². The van der Waals surface area contributed by atoms with Crippen LogP contribution in [0.4, 0.5) is 0 Å². The van der Waals surface area contributed by atoms with Crippen LogP contribution in [0.25, 0.3) is 0 Å². The quantitative estimate of drug-likeness (QED) is 0.750. The molecule has 82 valence electrons. The molecule has 1 aliphatic heterocycles. The Morgan fingerprint density at radius 3 is 2.53 bits per heavy atom. The third-order valence-electron chi connectivity index (χ3n) is 2.67. The summed E-state index contributed by atoms with van der Waals surface area (Å²) in [6, 6.07) is 3.73. The van der Waals surface area contributed by atoms with Gasteiger partial charge in [0.1, 0.15) is 0 Å². The van der Waals surface area contributed by atoms with Crippen LogP contribution in [0.1, 0.15) is 5.69 Å². The molecule has 1 aromatic heterocycles. The van der Waals surface area contributed by atoms with E-state index in [-0.39, 0.29) is 0 Å². The van der Waals surface area contributed by atoms with Gasteiger partial charge in [0.25, 0.3) is 0 Å². The average molecular weight is 227 g/mol. The van der Waals surface area contributed by atoms with E-state index in [1.165, 1.54) is 0 Å². The number of likely N-dealkylation sites (N-methyl/N-ethyl adjacent to an activating group) is 1. The van der Waals surface area contributed by atoms with E-state index in [9.17, 15) is 0 Å². The topological polar surface area (TPSA) is 32.3 Å². The summed E-state index contributed by atoms with van der Waals surface area (Å²) in [5.41, 5.74) is 0.990. The Bertz CT molecular complexity index is 306. The number of halogens is 1. The lowest BCUT2D eigenvalue weighted by Crippen LogP contribution is -2.44. The Labute approximate surface area is 94.8 Å². The first-order chi connectivity index (χ1) is 7.24. The van der Waals surface area contributed by atoms with Crippen LogP contribution in [0.5, 0.6) is 0 Å². The van der Waals surface area contributed by atoms with Gasteiger partial charge in [0.2, 0.25) is 0 Å². The predicted molar refractivity (Wildman–Crippen MR) is 59.8 cm³/mol. The molecule has 0 aromatic carbocycles. The van der Waals surface area contributed by atoms with Crippen molar-refractivity contribution in [2.24, 2.45) is 0 Å². The van der Waals surface area contributed by atoms with E-state index < -0.39 is 0 Å². The fourth-order valence-electron chi connectivity index (χ4n) is 1.66. The molecule has 0 spiro atoms. The summed E-state index contributed by atoms with van der Waals surface area (Å²) in [6.45, 7) is 5.32. The second-order valence-electron chi connectivity index (χ2n) is 3.93. The minimum Gasteiger partial charge on any atom is -0.304 e. The normalized spacial score (nSPS) is 19.3. The van der Waals surface area contributed by atoms with Gasteiger partial charge in [-0.2, -0.15) is 5.10 Å². The highest BCUT2D eigenvalue weighted by Gasteiger charge is 2.14. The Balaban J connectivity index is 1.89. The third kappa shape index (κ3) is 3.12. The van der Waals surface area contributed by atoms with Crippen LogP contribution in [0, 0.1) is 0 Å². The van der Waals surface area contributed by atoms with Gasteiger partial charge >= 0.3 is 0 Å². The van der Waals surface area contributed by atoms with E-state index in [0.717, 1.165) is 38.4 Å². The first-order valence-corrected chi connectivity index (χ1v) is 5.51. The number of nitrogens with zero attached hydrogens (tertiary/aromatic N) is 4. The van der Waals surface area contributed by atoms with Crippen LogP contribution in [0.2, 0.25) is 5.15 Å². The molecule has 0 atom stereocenters. The van der Waals surface area contributed by atoms with Crippen LogP contribution >= 0.6 is 11.6 Å². The second-order valence-corrected chi connectivity index (χ2v) is 4.31. The zero-order chi connectivity index (χ0) is 10.7. The fraction of sp³-hybridized carbons (Fsp3) is 0.600. The van der Waals surface area contributed by atoms with Crippen molar-refractivity contribution in [2.45, 2.75) is 6.54 Å². The number of piperazine rings is 1. The molecule has 15 heavy (non-hydrogen) atoms. The Morgan fingerprint density at radius 1 is 1.20 bits per heavy atom. The molecule has 0 radical (unpaired) electrons. The molecule has 1 aliphatic rings. The fourth-order valence-corrected chi connectivity index (χ4v) is 1.76. The van der Waals surface area contributed by atoms with E-state index in [1.54, 1.807) is 6.07 Å². The molecule has 5 heteroatoms. The molecule has 2 heterocycles. The summed E-state index contributed by atoms with van der Waals surface area (Å²) in [6.07, 6.45) is 0. The molecule has 1 fully saturated rings. The van der Waals surface area contributed by atoms with E-state index in [2.05, 4.69) is 27.0 Å². The van der Waals surface area contributed by atoms with E-state index in [1.807, 2.05) is 6.07 Å². The molecule has 0 bridgehead atoms. The molecule has 0 saturated carbocycles. The van der Waals surface area contributed by atoms with Gasteiger partial charge < -0.3 is 4.90 Å². The molecular formula is C10H15ClN4. The smallest absolute Gasteiger partial charge is 0.151 e. The Hall–Kier alpha value is -0.710. The minimum atomic E-state index is 0.456. The highest BCUT2D eigenvalue weighted by Crippen LogP contribution is 2.07. The summed E-state index contributed by atoms with van der Waals surface area (Å²) in [7, 11) is 2.15. The first-order valence-electron chi connectivity index (χ1n) is 5.13.